The maximum absolute atomic E-state index is 10.4. The van der Waals surface area contributed by atoms with E-state index in [2.05, 4.69) is 24.0 Å². The highest BCUT2D eigenvalue weighted by atomic mass is 32.1. The lowest BCUT2D eigenvalue weighted by atomic mass is 9.98. The van der Waals surface area contributed by atoms with Crippen molar-refractivity contribution in [1.29, 1.82) is 0 Å². The summed E-state index contributed by atoms with van der Waals surface area (Å²) in [6.45, 7) is 2.13. The summed E-state index contributed by atoms with van der Waals surface area (Å²) in [5.74, 6) is 0. The van der Waals surface area contributed by atoms with Crippen LogP contribution in [-0.4, -0.2) is 10.1 Å². The molecule has 2 heterocycles. The molecule has 1 aliphatic rings. The van der Waals surface area contributed by atoms with Gasteiger partial charge in [-0.2, -0.15) is 0 Å². The first-order chi connectivity index (χ1) is 9.76. The van der Waals surface area contributed by atoms with Gasteiger partial charge in [-0.05, 0) is 55.4 Å². The average Bonchev–Trinajstić information content (AvgIpc) is 2.92. The lowest BCUT2D eigenvalue weighted by molar-refractivity contribution is 0.181. The van der Waals surface area contributed by atoms with E-state index in [9.17, 15) is 5.11 Å². The molecule has 1 unspecified atom stereocenters. The number of aliphatic hydroxyl groups excluding tert-OH is 1. The number of aliphatic hydroxyl groups is 1. The summed E-state index contributed by atoms with van der Waals surface area (Å²) in [6.07, 6.45) is 8.09. The Balaban J connectivity index is 1.71. The third-order valence-corrected chi connectivity index (χ3v) is 5.38. The maximum atomic E-state index is 10.4. The summed E-state index contributed by atoms with van der Waals surface area (Å²) in [4.78, 5) is 7.04. The second kappa shape index (κ2) is 6.06. The number of thiophene rings is 1. The van der Waals surface area contributed by atoms with Gasteiger partial charge in [0.1, 0.15) is 0 Å². The average molecular weight is 287 g/mol. The van der Waals surface area contributed by atoms with Crippen LogP contribution in [0.25, 0.3) is 0 Å². The molecule has 0 radical (unpaired) electrons. The van der Waals surface area contributed by atoms with E-state index in [1.807, 2.05) is 12.3 Å². The van der Waals surface area contributed by atoms with Crippen LogP contribution < -0.4 is 0 Å². The zero-order chi connectivity index (χ0) is 13.9. The second-order valence-electron chi connectivity index (χ2n) is 5.54. The van der Waals surface area contributed by atoms with Crippen molar-refractivity contribution in [3.8, 4) is 0 Å². The molecular formula is C17H21NOS. The third-order valence-electron chi connectivity index (χ3n) is 4.04. The molecule has 0 saturated heterocycles. The molecule has 0 bridgehead atoms. The number of nitrogens with zero attached hydrogens (tertiary/aromatic N) is 1. The van der Waals surface area contributed by atoms with Crippen molar-refractivity contribution >= 4 is 11.3 Å². The Bertz CT molecular complexity index is 550. The zero-order valence-corrected chi connectivity index (χ0v) is 12.7. The van der Waals surface area contributed by atoms with Crippen LogP contribution in [0.1, 0.15) is 52.4 Å². The van der Waals surface area contributed by atoms with E-state index in [1.54, 1.807) is 11.3 Å². The Labute approximate surface area is 124 Å². The maximum Gasteiger partial charge on any atom is 0.0937 e. The molecule has 3 rings (SSSR count). The minimum absolute atomic E-state index is 0.412. The molecule has 2 aromatic rings. The predicted octanol–water partition coefficient (Wildman–Crippen LogP) is 3.86. The van der Waals surface area contributed by atoms with Gasteiger partial charge in [-0.3, -0.25) is 4.98 Å². The van der Waals surface area contributed by atoms with Gasteiger partial charge >= 0.3 is 0 Å². The van der Waals surface area contributed by atoms with E-state index in [1.165, 1.54) is 41.7 Å². The molecule has 1 atom stereocenters. The molecule has 0 aromatic carbocycles. The third kappa shape index (κ3) is 2.94. The van der Waals surface area contributed by atoms with Crippen molar-refractivity contribution in [1.82, 2.24) is 4.98 Å². The fraction of sp³-hybridized carbons (Fsp3) is 0.471. The Morgan fingerprint density at radius 1 is 1.30 bits per heavy atom. The molecule has 3 heteroatoms. The molecule has 20 heavy (non-hydrogen) atoms. The van der Waals surface area contributed by atoms with Crippen molar-refractivity contribution in [2.45, 2.75) is 51.6 Å². The standard InChI is InChI=1S/C17H21NOS/c1-2-12-7-8-14(18-11-12)10-15(19)17-9-13-5-3-4-6-16(13)20-17/h7-9,11,15,19H,2-6,10H2,1H3. The van der Waals surface area contributed by atoms with Gasteiger partial charge in [0, 0.05) is 28.1 Å². The van der Waals surface area contributed by atoms with Gasteiger partial charge in [0.15, 0.2) is 0 Å². The van der Waals surface area contributed by atoms with E-state index in [-0.39, 0.29) is 0 Å². The van der Waals surface area contributed by atoms with Crippen LogP contribution in [0.2, 0.25) is 0 Å². The van der Waals surface area contributed by atoms with Gasteiger partial charge < -0.3 is 5.11 Å². The number of hydrogen-bond acceptors (Lipinski definition) is 3. The lowest BCUT2D eigenvalue weighted by Gasteiger charge is -2.08. The number of aromatic nitrogens is 1. The Kier molecular flexibility index (Phi) is 4.18. The first kappa shape index (κ1) is 13.8. The van der Waals surface area contributed by atoms with Gasteiger partial charge in [-0.25, -0.2) is 0 Å². The van der Waals surface area contributed by atoms with Crippen molar-refractivity contribution in [3.63, 3.8) is 0 Å². The van der Waals surface area contributed by atoms with Crippen LogP contribution in [0.3, 0.4) is 0 Å². The zero-order valence-electron chi connectivity index (χ0n) is 11.9. The first-order valence-corrected chi connectivity index (χ1v) is 8.31. The first-order valence-electron chi connectivity index (χ1n) is 7.49. The summed E-state index contributed by atoms with van der Waals surface area (Å²) in [5, 5.41) is 10.4. The van der Waals surface area contributed by atoms with E-state index < -0.39 is 6.10 Å². The van der Waals surface area contributed by atoms with E-state index in [0.717, 1.165) is 17.0 Å². The van der Waals surface area contributed by atoms with Crippen molar-refractivity contribution in [3.05, 3.63) is 51.0 Å². The summed E-state index contributed by atoms with van der Waals surface area (Å²) in [7, 11) is 0. The van der Waals surface area contributed by atoms with Gasteiger partial charge in [0.2, 0.25) is 0 Å². The number of aryl methyl sites for hydroxylation is 3. The molecule has 1 aliphatic carbocycles. The highest BCUT2D eigenvalue weighted by Gasteiger charge is 2.18. The normalized spacial score (nSPS) is 15.9. The highest BCUT2D eigenvalue weighted by molar-refractivity contribution is 7.12. The minimum Gasteiger partial charge on any atom is -0.387 e. The number of rotatable bonds is 4. The lowest BCUT2D eigenvalue weighted by Crippen LogP contribution is -2.02. The summed E-state index contributed by atoms with van der Waals surface area (Å²) in [5.41, 5.74) is 3.68. The van der Waals surface area contributed by atoms with Crippen LogP contribution >= 0.6 is 11.3 Å². The highest BCUT2D eigenvalue weighted by Crippen LogP contribution is 2.33. The molecule has 0 amide bonds. The Hall–Kier alpha value is -1.19. The van der Waals surface area contributed by atoms with Crippen LogP contribution in [-0.2, 0) is 25.7 Å². The van der Waals surface area contributed by atoms with Gasteiger partial charge in [0.05, 0.1) is 6.10 Å². The van der Waals surface area contributed by atoms with Crippen molar-refractivity contribution in [2.24, 2.45) is 0 Å². The Morgan fingerprint density at radius 2 is 2.15 bits per heavy atom. The molecule has 106 valence electrons. The Morgan fingerprint density at radius 3 is 2.85 bits per heavy atom. The molecule has 2 aromatic heterocycles. The van der Waals surface area contributed by atoms with Gasteiger partial charge in [-0.1, -0.05) is 13.0 Å². The smallest absolute Gasteiger partial charge is 0.0937 e. The quantitative estimate of drug-likeness (QED) is 0.926. The number of pyridine rings is 1. The molecule has 0 saturated carbocycles. The topological polar surface area (TPSA) is 33.1 Å². The molecule has 0 aliphatic heterocycles. The van der Waals surface area contributed by atoms with Crippen molar-refractivity contribution in [2.75, 3.05) is 0 Å². The molecule has 2 nitrogen and oxygen atoms in total. The van der Waals surface area contributed by atoms with Crippen LogP contribution in [0.5, 0.6) is 0 Å². The van der Waals surface area contributed by atoms with E-state index in [4.69, 9.17) is 0 Å². The molecule has 0 spiro atoms. The fourth-order valence-electron chi connectivity index (χ4n) is 2.76. The molecular weight excluding hydrogens is 266 g/mol. The van der Waals surface area contributed by atoms with Crippen LogP contribution in [0.4, 0.5) is 0 Å². The van der Waals surface area contributed by atoms with Gasteiger partial charge in [0.25, 0.3) is 0 Å². The monoisotopic (exact) mass is 287 g/mol. The predicted molar refractivity (Wildman–Crippen MR) is 83.2 cm³/mol. The summed E-state index contributed by atoms with van der Waals surface area (Å²) >= 11 is 1.79. The molecule has 0 fully saturated rings. The van der Waals surface area contributed by atoms with Crippen molar-refractivity contribution < 1.29 is 5.11 Å². The van der Waals surface area contributed by atoms with Crippen LogP contribution in [0, 0.1) is 0 Å². The van der Waals surface area contributed by atoms with Gasteiger partial charge in [-0.15, -0.1) is 11.3 Å². The van der Waals surface area contributed by atoms with Crippen LogP contribution in [0.15, 0.2) is 24.4 Å². The fourth-order valence-corrected chi connectivity index (χ4v) is 4.01. The largest absolute Gasteiger partial charge is 0.387 e. The summed E-state index contributed by atoms with van der Waals surface area (Å²) in [6, 6.07) is 6.36. The molecule has 1 N–H and O–H groups in total. The number of fused-ring (bicyclic) bond motifs is 1. The SMILES string of the molecule is CCc1ccc(CC(O)c2cc3c(s2)CCCC3)nc1. The number of hydrogen-bond donors (Lipinski definition) is 1. The van der Waals surface area contributed by atoms with E-state index in [0.29, 0.717) is 6.42 Å². The summed E-state index contributed by atoms with van der Waals surface area (Å²) < 4.78 is 0. The van der Waals surface area contributed by atoms with E-state index >= 15 is 0 Å². The minimum atomic E-state index is -0.412. The second-order valence-corrected chi connectivity index (χ2v) is 6.70.